The number of hydrogen-bond donors (Lipinski definition) is 0. The highest BCUT2D eigenvalue weighted by Gasteiger charge is 2.18. The van der Waals surface area contributed by atoms with E-state index >= 15 is 0 Å². The topological polar surface area (TPSA) is 69.9 Å². The summed E-state index contributed by atoms with van der Waals surface area (Å²) in [7, 11) is 0. The summed E-state index contributed by atoms with van der Waals surface area (Å²) < 4.78 is 13.3. The molecule has 1 aromatic heterocycles. The number of halogens is 2. The van der Waals surface area contributed by atoms with E-state index < -0.39 is 11.9 Å². The number of nitrogens with zero attached hydrogens (tertiary/aromatic N) is 2. The molecule has 0 aliphatic rings. The molecule has 0 saturated heterocycles. The van der Waals surface area contributed by atoms with Crippen molar-refractivity contribution in [1.29, 1.82) is 0 Å². The minimum Gasteiger partial charge on any atom is -0.465 e. The highest BCUT2D eigenvalue weighted by Crippen LogP contribution is 2.32. The van der Waals surface area contributed by atoms with Crippen LogP contribution in [0.5, 0.6) is 11.5 Å². The summed E-state index contributed by atoms with van der Waals surface area (Å²) in [5, 5.41) is 0.607. The van der Waals surface area contributed by atoms with Crippen molar-refractivity contribution in [2.24, 2.45) is 4.99 Å². The van der Waals surface area contributed by atoms with Crippen LogP contribution >= 0.6 is 34.5 Å². The normalized spacial score (nSPS) is 11.5. The molecule has 0 fully saturated rings. The van der Waals surface area contributed by atoms with Gasteiger partial charge in [0.25, 0.3) is 5.91 Å². The van der Waals surface area contributed by atoms with E-state index in [0.29, 0.717) is 26.8 Å². The Morgan fingerprint density at radius 1 is 1.00 bits per heavy atom. The molecule has 4 aromatic rings. The van der Waals surface area contributed by atoms with Gasteiger partial charge in [0.1, 0.15) is 18.0 Å². The van der Waals surface area contributed by atoms with Gasteiger partial charge in [0.05, 0.1) is 32.4 Å². The summed E-state index contributed by atoms with van der Waals surface area (Å²) in [5.41, 5.74) is 0.799. The Morgan fingerprint density at radius 3 is 2.48 bits per heavy atom. The number of esters is 1. The van der Waals surface area contributed by atoms with Crippen molar-refractivity contribution in [3.63, 3.8) is 0 Å². The van der Waals surface area contributed by atoms with Crippen molar-refractivity contribution in [3.8, 4) is 11.5 Å². The van der Waals surface area contributed by atoms with Gasteiger partial charge in [-0.15, -0.1) is 0 Å². The van der Waals surface area contributed by atoms with E-state index in [4.69, 9.17) is 32.7 Å². The lowest BCUT2D eigenvalue weighted by molar-refractivity contribution is -0.143. The number of amides is 1. The number of ether oxygens (including phenoxy) is 2. The summed E-state index contributed by atoms with van der Waals surface area (Å²) >= 11 is 13.8. The number of rotatable bonds is 6. The number of carbonyl (C=O) groups excluding carboxylic acids is 2. The summed E-state index contributed by atoms with van der Waals surface area (Å²) in [6.07, 6.45) is 0. The number of fused-ring (bicyclic) bond motifs is 1. The standard InChI is InChI=1S/C24H18Cl2N2O4S/c1-2-31-20(29)14-28-22-19(13-12-17(25)21(22)26)33-24(28)27-23(30)16-10-6-7-11-18(16)32-15-8-4-3-5-9-15/h3-13H,2,14H2,1H3. The third-order valence-electron chi connectivity index (χ3n) is 4.61. The van der Waals surface area contributed by atoms with Crippen molar-refractivity contribution >= 4 is 56.6 Å². The Labute approximate surface area is 203 Å². The second-order valence-corrected chi connectivity index (χ2v) is 8.61. The first-order valence-electron chi connectivity index (χ1n) is 10.0. The molecule has 0 aliphatic heterocycles. The van der Waals surface area contributed by atoms with E-state index in [2.05, 4.69) is 4.99 Å². The zero-order valence-electron chi connectivity index (χ0n) is 17.5. The zero-order valence-corrected chi connectivity index (χ0v) is 19.8. The Bertz CT molecular complexity index is 1400. The second kappa shape index (κ2) is 10.2. The van der Waals surface area contributed by atoms with E-state index in [1.54, 1.807) is 60.0 Å². The lowest BCUT2D eigenvalue weighted by atomic mass is 10.2. The van der Waals surface area contributed by atoms with E-state index in [1.807, 2.05) is 18.2 Å². The SMILES string of the molecule is CCOC(=O)Cn1c(=NC(=O)c2ccccc2Oc2ccccc2)sc2ccc(Cl)c(Cl)c21. The number of benzene rings is 3. The Kier molecular flexibility index (Phi) is 7.13. The molecular weight excluding hydrogens is 483 g/mol. The first-order valence-corrected chi connectivity index (χ1v) is 11.6. The van der Waals surface area contributed by atoms with Gasteiger partial charge in [0.2, 0.25) is 0 Å². The molecule has 33 heavy (non-hydrogen) atoms. The molecule has 0 spiro atoms. The lowest BCUT2D eigenvalue weighted by Gasteiger charge is -2.09. The molecule has 0 atom stereocenters. The molecule has 0 aliphatic carbocycles. The maximum atomic E-state index is 13.2. The van der Waals surface area contributed by atoms with Crippen molar-refractivity contribution in [3.05, 3.63) is 87.1 Å². The van der Waals surface area contributed by atoms with Gasteiger partial charge in [-0.3, -0.25) is 9.59 Å². The van der Waals surface area contributed by atoms with E-state index in [9.17, 15) is 9.59 Å². The average Bonchev–Trinajstić information content (AvgIpc) is 3.14. The fourth-order valence-electron chi connectivity index (χ4n) is 3.17. The van der Waals surface area contributed by atoms with E-state index in [-0.39, 0.29) is 23.7 Å². The van der Waals surface area contributed by atoms with Crippen LogP contribution in [0, 0.1) is 0 Å². The van der Waals surface area contributed by atoms with Gasteiger partial charge in [-0.25, -0.2) is 0 Å². The molecule has 6 nitrogen and oxygen atoms in total. The van der Waals surface area contributed by atoms with Gasteiger partial charge < -0.3 is 14.0 Å². The number of aromatic nitrogens is 1. The molecule has 9 heteroatoms. The fourth-order valence-corrected chi connectivity index (χ4v) is 4.68. The van der Waals surface area contributed by atoms with Crippen LogP contribution in [0.4, 0.5) is 0 Å². The molecule has 1 amide bonds. The Balaban J connectivity index is 1.80. The summed E-state index contributed by atoms with van der Waals surface area (Å²) in [5.74, 6) is -0.0298. The van der Waals surface area contributed by atoms with Crippen LogP contribution in [0.3, 0.4) is 0 Å². The molecular formula is C24H18Cl2N2O4S. The van der Waals surface area contributed by atoms with Crippen molar-refractivity contribution in [2.75, 3.05) is 6.61 Å². The predicted octanol–water partition coefficient (Wildman–Crippen LogP) is 6.11. The van der Waals surface area contributed by atoms with Crippen LogP contribution < -0.4 is 9.54 Å². The number of carbonyl (C=O) groups is 2. The summed E-state index contributed by atoms with van der Waals surface area (Å²) in [6.45, 7) is 1.78. The van der Waals surface area contributed by atoms with Crippen molar-refractivity contribution in [2.45, 2.75) is 13.5 Å². The second-order valence-electron chi connectivity index (χ2n) is 6.81. The smallest absolute Gasteiger partial charge is 0.326 e. The first-order chi connectivity index (χ1) is 16.0. The van der Waals surface area contributed by atoms with Gasteiger partial charge in [-0.05, 0) is 43.3 Å². The van der Waals surface area contributed by atoms with Gasteiger partial charge in [-0.1, -0.05) is 64.9 Å². The highest BCUT2D eigenvalue weighted by atomic mass is 35.5. The van der Waals surface area contributed by atoms with Crippen LogP contribution in [-0.4, -0.2) is 23.1 Å². The molecule has 168 valence electrons. The lowest BCUT2D eigenvalue weighted by Crippen LogP contribution is -2.23. The van der Waals surface area contributed by atoms with Crippen molar-refractivity contribution < 1.29 is 19.1 Å². The quantitative estimate of drug-likeness (QED) is 0.299. The summed E-state index contributed by atoms with van der Waals surface area (Å²) in [4.78, 5) is 30.0. The largest absolute Gasteiger partial charge is 0.465 e. The number of hydrogen-bond acceptors (Lipinski definition) is 5. The Hall–Kier alpha value is -3.13. The molecule has 4 rings (SSSR count). The minimum absolute atomic E-state index is 0.165. The maximum Gasteiger partial charge on any atom is 0.326 e. The molecule has 3 aromatic carbocycles. The van der Waals surface area contributed by atoms with Gasteiger partial charge >= 0.3 is 5.97 Å². The van der Waals surface area contributed by atoms with Crippen molar-refractivity contribution in [1.82, 2.24) is 4.57 Å². The van der Waals surface area contributed by atoms with Crippen LogP contribution in [-0.2, 0) is 16.1 Å². The fraction of sp³-hybridized carbons (Fsp3) is 0.125. The third-order valence-corrected chi connectivity index (χ3v) is 6.45. The average molecular weight is 501 g/mol. The monoisotopic (exact) mass is 500 g/mol. The zero-order chi connectivity index (χ0) is 23.4. The molecule has 0 N–H and O–H groups in total. The number of para-hydroxylation sites is 2. The van der Waals surface area contributed by atoms with Crippen LogP contribution in [0.2, 0.25) is 10.0 Å². The molecule has 0 unspecified atom stereocenters. The van der Waals surface area contributed by atoms with Gasteiger partial charge in [0, 0.05) is 0 Å². The summed E-state index contributed by atoms with van der Waals surface area (Å²) in [6, 6.07) is 19.4. The van der Waals surface area contributed by atoms with Gasteiger partial charge in [-0.2, -0.15) is 4.99 Å². The molecule has 1 heterocycles. The van der Waals surface area contributed by atoms with Crippen LogP contribution in [0.25, 0.3) is 10.2 Å². The van der Waals surface area contributed by atoms with E-state index in [0.717, 1.165) is 4.70 Å². The van der Waals surface area contributed by atoms with Crippen LogP contribution in [0.1, 0.15) is 17.3 Å². The van der Waals surface area contributed by atoms with Crippen LogP contribution in [0.15, 0.2) is 71.7 Å². The first kappa shape index (κ1) is 23.0. The highest BCUT2D eigenvalue weighted by molar-refractivity contribution is 7.16. The third kappa shape index (κ3) is 5.11. The number of thiazole rings is 1. The van der Waals surface area contributed by atoms with E-state index in [1.165, 1.54) is 11.3 Å². The molecule has 0 bridgehead atoms. The van der Waals surface area contributed by atoms with Gasteiger partial charge in [0.15, 0.2) is 4.80 Å². The minimum atomic E-state index is -0.520. The predicted molar refractivity (Wildman–Crippen MR) is 129 cm³/mol. The molecule has 0 radical (unpaired) electrons. The maximum absolute atomic E-state index is 13.2. The molecule has 0 saturated carbocycles. The Morgan fingerprint density at radius 2 is 1.73 bits per heavy atom.